The first-order chi connectivity index (χ1) is 14.0. The maximum absolute atomic E-state index is 12.7. The molecule has 1 fully saturated rings. The third kappa shape index (κ3) is 4.32. The molecule has 1 aliphatic heterocycles. The van der Waals surface area contributed by atoms with Crippen molar-refractivity contribution in [3.05, 3.63) is 77.9 Å². The summed E-state index contributed by atoms with van der Waals surface area (Å²) in [5, 5.41) is 5.16. The van der Waals surface area contributed by atoms with Crippen LogP contribution in [-0.2, 0) is 21.3 Å². The zero-order chi connectivity index (χ0) is 20.3. The Bertz CT molecular complexity index is 1120. The van der Waals surface area contributed by atoms with Gasteiger partial charge < -0.3 is 10.1 Å². The highest BCUT2D eigenvalue weighted by Crippen LogP contribution is 2.18. The average molecular weight is 410 g/mol. The van der Waals surface area contributed by atoms with E-state index in [-0.39, 0.29) is 10.8 Å². The highest BCUT2D eigenvalue weighted by Gasteiger charge is 2.26. The molecule has 0 unspecified atom stereocenters. The van der Waals surface area contributed by atoms with Crippen molar-refractivity contribution in [2.45, 2.75) is 11.4 Å². The molecule has 29 heavy (non-hydrogen) atoms. The lowest BCUT2D eigenvalue weighted by Crippen LogP contribution is -2.40. The fourth-order valence-corrected chi connectivity index (χ4v) is 4.76. The number of hydrogen-bond acceptors (Lipinski definition) is 4. The number of hydrogen-bond donors (Lipinski definition) is 1. The van der Waals surface area contributed by atoms with E-state index in [1.54, 1.807) is 12.1 Å². The fraction of sp³-hybridized carbons (Fsp3) is 0.227. The summed E-state index contributed by atoms with van der Waals surface area (Å²) >= 11 is 0. The van der Waals surface area contributed by atoms with Gasteiger partial charge in [-0.2, -0.15) is 4.31 Å². The van der Waals surface area contributed by atoms with Crippen LogP contribution in [0.5, 0.6) is 0 Å². The zero-order valence-corrected chi connectivity index (χ0v) is 16.7. The number of ether oxygens (including phenoxy) is 1. The monoisotopic (exact) mass is 410 g/mol. The number of nitrogens with one attached hydrogen (secondary N) is 1. The Balaban J connectivity index is 1.42. The van der Waals surface area contributed by atoms with Crippen LogP contribution in [-0.4, -0.2) is 44.9 Å². The summed E-state index contributed by atoms with van der Waals surface area (Å²) in [5.74, 6) is -0.242. The van der Waals surface area contributed by atoms with Crippen LogP contribution in [0, 0.1) is 0 Å². The lowest BCUT2D eigenvalue weighted by Gasteiger charge is -2.26. The molecule has 0 spiro atoms. The van der Waals surface area contributed by atoms with Gasteiger partial charge in [0.2, 0.25) is 10.0 Å². The third-order valence-electron chi connectivity index (χ3n) is 4.99. The second kappa shape index (κ2) is 8.32. The highest BCUT2D eigenvalue weighted by atomic mass is 32.2. The number of fused-ring (bicyclic) bond motifs is 1. The SMILES string of the molecule is O=C(NCc1ccc2ccccc2c1)c1ccc(S(=O)(=O)N2CCOCC2)cc1. The fourth-order valence-electron chi connectivity index (χ4n) is 3.35. The minimum absolute atomic E-state index is 0.186. The van der Waals surface area contributed by atoms with Crippen molar-refractivity contribution in [3.63, 3.8) is 0 Å². The van der Waals surface area contributed by atoms with E-state index in [2.05, 4.69) is 5.32 Å². The maximum atomic E-state index is 12.7. The van der Waals surface area contributed by atoms with Gasteiger partial charge >= 0.3 is 0 Å². The number of benzene rings is 3. The van der Waals surface area contributed by atoms with Crippen LogP contribution < -0.4 is 5.32 Å². The van der Waals surface area contributed by atoms with E-state index in [1.165, 1.54) is 16.4 Å². The van der Waals surface area contributed by atoms with Gasteiger partial charge in [-0.05, 0) is 46.7 Å². The van der Waals surface area contributed by atoms with Crippen molar-refractivity contribution in [1.29, 1.82) is 0 Å². The van der Waals surface area contributed by atoms with Crippen molar-refractivity contribution < 1.29 is 17.9 Å². The molecular formula is C22H22N2O4S. The lowest BCUT2D eigenvalue weighted by atomic mass is 10.1. The van der Waals surface area contributed by atoms with Gasteiger partial charge in [0.15, 0.2) is 0 Å². The van der Waals surface area contributed by atoms with E-state index in [0.29, 0.717) is 38.4 Å². The largest absolute Gasteiger partial charge is 0.379 e. The molecule has 0 aromatic heterocycles. The maximum Gasteiger partial charge on any atom is 0.251 e. The van der Waals surface area contributed by atoms with Gasteiger partial charge in [-0.25, -0.2) is 8.42 Å². The predicted molar refractivity (Wildman–Crippen MR) is 111 cm³/mol. The molecule has 0 saturated carbocycles. The first-order valence-electron chi connectivity index (χ1n) is 9.48. The van der Waals surface area contributed by atoms with Crippen molar-refractivity contribution in [2.24, 2.45) is 0 Å². The van der Waals surface area contributed by atoms with Crippen LogP contribution >= 0.6 is 0 Å². The molecule has 4 rings (SSSR count). The molecule has 0 radical (unpaired) electrons. The molecule has 1 heterocycles. The molecule has 1 amide bonds. The van der Waals surface area contributed by atoms with Gasteiger partial charge in [0.25, 0.3) is 5.91 Å². The molecule has 1 aliphatic rings. The Kier molecular flexibility index (Phi) is 5.62. The number of rotatable bonds is 5. The number of amides is 1. The summed E-state index contributed by atoms with van der Waals surface area (Å²) in [5.41, 5.74) is 1.43. The second-order valence-electron chi connectivity index (χ2n) is 6.91. The molecule has 1 N–H and O–H groups in total. The van der Waals surface area contributed by atoms with Crippen molar-refractivity contribution in [2.75, 3.05) is 26.3 Å². The molecule has 1 saturated heterocycles. The molecule has 3 aromatic carbocycles. The van der Waals surface area contributed by atoms with E-state index in [0.717, 1.165) is 16.3 Å². The van der Waals surface area contributed by atoms with Crippen LogP contribution in [0.15, 0.2) is 71.6 Å². The number of carbonyl (C=O) groups is 1. The van der Waals surface area contributed by atoms with Gasteiger partial charge in [0, 0.05) is 25.2 Å². The van der Waals surface area contributed by atoms with E-state index >= 15 is 0 Å². The highest BCUT2D eigenvalue weighted by molar-refractivity contribution is 7.89. The van der Waals surface area contributed by atoms with Crippen LogP contribution in [0.1, 0.15) is 15.9 Å². The van der Waals surface area contributed by atoms with Gasteiger partial charge in [0.05, 0.1) is 18.1 Å². The average Bonchev–Trinajstić information content (AvgIpc) is 2.78. The second-order valence-corrected chi connectivity index (χ2v) is 8.84. The normalized spacial score (nSPS) is 15.3. The summed E-state index contributed by atoms with van der Waals surface area (Å²) in [4.78, 5) is 12.6. The molecule has 7 heteroatoms. The predicted octanol–water partition coefficient (Wildman–Crippen LogP) is 2.79. The number of morpholine rings is 1. The van der Waals surface area contributed by atoms with Crippen LogP contribution in [0.3, 0.4) is 0 Å². The standard InChI is InChI=1S/C22H22N2O4S/c25-22(23-16-17-5-6-18-3-1-2-4-20(18)15-17)19-7-9-21(10-8-19)29(26,27)24-11-13-28-14-12-24/h1-10,15H,11-14,16H2,(H,23,25). The molecule has 0 aliphatic carbocycles. The summed E-state index contributed by atoms with van der Waals surface area (Å²) in [6.07, 6.45) is 0. The summed E-state index contributed by atoms with van der Waals surface area (Å²) in [6.45, 7) is 1.88. The van der Waals surface area contributed by atoms with Crippen LogP contribution in [0.4, 0.5) is 0 Å². The molecule has 0 bridgehead atoms. The molecule has 3 aromatic rings. The van der Waals surface area contributed by atoms with E-state index in [4.69, 9.17) is 4.74 Å². The van der Waals surface area contributed by atoms with Crippen LogP contribution in [0.2, 0.25) is 0 Å². The Hall–Kier alpha value is -2.74. The number of nitrogens with zero attached hydrogens (tertiary/aromatic N) is 1. The van der Waals surface area contributed by atoms with E-state index < -0.39 is 10.0 Å². The van der Waals surface area contributed by atoms with Gasteiger partial charge in [-0.15, -0.1) is 0 Å². The van der Waals surface area contributed by atoms with Crippen LogP contribution in [0.25, 0.3) is 10.8 Å². The van der Waals surface area contributed by atoms with Gasteiger partial charge in [-0.3, -0.25) is 4.79 Å². The Labute approximate surface area is 170 Å². The minimum atomic E-state index is -3.56. The first-order valence-corrected chi connectivity index (χ1v) is 10.9. The quantitative estimate of drug-likeness (QED) is 0.702. The van der Waals surface area contributed by atoms with Gasteiger partial charge in [0.1, 0.15) is 0 Å². The summed E-state index contributed by atoms with van der Waals surface area (Å²) < 4.78 is 31.9. The number of carbonyl (C=O) groups excluding carboxylic acids is 1. The molecule has 6 nitrogen and oxygen atoms in total. The van der Waals surface area contributed by atoms with Crippen molar-refractivity contribution >= 4 is 26.7 Å². The molecule has 150 valence electrons. The van der Waals surface area contributed by atoms with E-state index in [9.17, 15) is 13.2 Å². The minimum Gasteiger partial charge on any atom is -0.379 e. The van der Waals surface area contributed by atoms with Crippen molar-refractivity contribution in [1.82, 2.24) is 9.62 Å². The smallest absolute Gasteiger partial charge is 0.251 e. The summed E-state index contributed by atoms with van der Waals surface area (Å²) in [6, 6.07) is 20.2. The van der Waals surface area contributed by atoms with Gasteiger partial charge in [-0.1, -0.05) is 36.4 Å². The zero-order valence-electron chi connectivity index (χ0n) is 15.9. The molecular weight excluding hydrogens is 388 g/mol. The Morgan fingerprint density at radius 3 is 2.34 bits per heavy atom. The van der Waals surface area contributed by atoms with Crippen molar-refractivity contribution in [3.8, 4) is 0 Å². The Morgan fingerprint density at radius 1 is 0.931 bits per heavy atom. The van der Waals surface area contributed by atoms with E-state index in [1.807, 2.05) is 42.5 Å². The third-order valence-corrected chi connectivity index (χ3v) is 6.90. The summed E-state index contributed by atoms with van der Waals surface area (Å²) in [7, 11) is -3.56. The number of sulfonamides is 1. The Morgan fingerprint density at radius 2 is 1.62 bits per heavy atom. The first kappa shape index (κ1) is 19.6. The topological polar surface area (TPSA) is 75.7 Å². The molecule has 0 atom stereocenters. The lowest BCUT2D eigenvalue weighted by molar-refractivity contribution is 0.0730.